The molecular formula is C19H24N6O10S2. The van der Waals surface area contributed by atoms with E-state index in [2.05, 4.69) is 18.8 Å². The summed E-state index contributed by atoms with van der Waals surface area (Å²) in [5.74, 6) is -4.04. The molecule has 1 aliphatic heterocycles. The molecular weight excluding hydrogens is 536 g/mol. The molecule has 2 aromatic rings. The molecule has 0 saturated carbocycles. The first-order valence-electron chi connectivity index (χ1n) is 10.6. The number of nitrogens with two attached hydrogens (primary N) is 1. The minimum absolute atomic E-state index is 0.00594. The van der Waals surface area contributed by atoms with Crippen LogP contribution in [-0.4, -0.2) is 65.4 Å². The summed E-state index contributed by atoms with van der Waals surface area (Å²) in [4.78, 5) is 47.0. The highest BCUT2D eigenvalue weighted by molar-refractivity contribution is 7.80. The van der Waals surface area contributed by atoms with Crippen molar-refractivity contribution in [2.75, 3.05) is 5.73 Å². The number of aromatic nitrogens is 3. The molecule has 16 nitrogen and oxygen atoms in total. The average Bonchev–Trinajstić information content (AvgIpc) is 3.21. The van der Waals surface area contributed by atoms with Gasteiger partial charge >= 0.3 is 10.4 Å². The van der Waals surface area contributed by atoms with E-state index < -0.39 is 68.9 Å². The largest absolute Gasteiger partial charge is 0.503 e. The summed E-state index contributed by atoms with van der Waals surface area (Å²) in [5.41, 5.74) is 3.03. The molecule has 0 aliphatic carbocycles. The number of rotatable bonds is 10. The number of carbonyl (C=O) groups excluding carboxylic acids is 2. The van der Waals surface area contributed by atoms with Crippen molar-refractivity contribution in [1.29, 1.82) is 0 Å². The van der Waals surface area contributed by atoms with E-state index >= 15 is 0 Å². The highest BCUT2D eigenvalue weighted by atomic mass is 32.3. The van der Waals surface area contributed by atoms with Crippen molar-refractivity contribution in [3.63, 3.8) is 0 Å². The first kappa shape index (κ1) is 28.0. The van der Waals surface area contributed by atoms with Crippen molar-refractivity contribution in [2.24, 2.45) is 17.0 Å². The minimum Gasteiger partial charge on any atom is -0.503 e. The Hall–Kier alpha value is -3.61. The number of Topliss-reactive ketones (excluding diaryl/α,β-unsaturated/α-hetero) is 1. The molecule has 37 heavy (non-hydrogen) atoms. The summed E-state index contributed by atoms with van der Waals surface area (Å²) in [6.07, 6.45) is -0.800. The van der Waals surface area contributed by atoms with Crippen molar-refractivity contribution in [1.82, 2.24) is 19.2 Å². The van der Waals surface area contributed by atoms with Gasteiger partial charge in [-0.1, -0.05) is 19.0 Å². The predicted molar refractivity (Wildman–Crippen MR) is 126 cm³/mol. The van der Waals surface area contributed by atoms with E-state index in [1.165, 1.54) is 13.8 Å². The van der Waals surface area contributed by atoms with Gasteiger partial charge in [-0.3, -0.25) is 18.9 Å². The lowest BCUT2D eigenvalue weighted by Crippen LogP contribution is -2.68. The van der Waals surface area contributed by atoms with E-state index in [1.807, 2.05) is 0 Å². The third-order valence-electron chi connectivity index (χ3n) is 5.55. The van der Waals surface area contributed by atoms with Crippen molar-refractivity contribution >= 4 is 44.5 Å². The van der Waals surface area contributed by atoms with Gasteiger partial charge in [0, 0.05) is 24.0 Å². The molecule has 1 saturated heterocycles. The van der Waals surface area contributed by atoms with Crippen LogP contribution in [0.5, 0.6) is 5.75 Å². The summed E-state index contributed by atoms with van der Waals surface area (Å²) in [7, 11) is -4.98. The molecule has 0 bridgehead atoms. The molecule has 202 valence electrons. The highest BCUT2D eigenvalue weighted by Crippen LogP contribution is 2.40. The lowest BCUT2D eigenvalue weighted by Gasteiger charge is -2.50. The fourth-order valence-corrected chi connectivity index (χ4v) is 4.45. The third-order valence-corrected chi connectivity index (χ3v) is 6.43. The SMILES string of the molecule is CC(C)[C@H](O/N=C(\C(=O)C[C@@H]1C(=O)N(OS(=O)(=O)O)C1(C)C)c1nsc(N)n1)c1cc(=O)c(O)cn1O. The van der Waals surface area contributed by atoms with Crippen LogP contribution in [0.2, 0.25) is 0 Å². The molecule has 0 unspecified atom stereocenters. The summed E-state index contributed by atoms with van der Waals surface area (Å²) in [6, 6.07) is 0.940. The number of carbonyl (C=O) groups is 2. The van der Waals surface area contributed by atoms with Crippen LogP contribution in [-0.2, 0) is 29.1 Å². The molecule has 0 radical (unpaired) electrons. The van der Waals surface area contributed by atoms with Crippen molar-refractivity contribution in [3.8, 4) is 5.75 Å². The van der Waals surface area contributed by atoms with Crippen LogP contribution in [0.4, 0.5) is 5.13 Å². The summed E-state index contributed by atoms with van der Waals surface area (Å²) in [6.45, 7) is 6.20. The fraction of sp³-hybridized carbons (Fsp3) is 0.474. The van der Waals surface area contributed by atoms with Gasteiger partial charge in [0.2, 0.25) is 11.3 Å². The van der Waals surface area contributed by atoms with Crippen LogP contribution < -0.4 is 11.2 Å². The number of anilines is 1. The Kier molecular flexibility index (Phi) is 7.59. The van der Waals surface area contributed by atoms with Gasteiger partial charge in [0.05, 0.1) is 17.7 Å². The van der Waals surface area contributed by atoms with Crippen molar-refractivity contribution in [3.05, 3.63) is 34.0 Å². The monoisotopic (exact) mass is 560 g/mol. The van der Waals surface area contributed by atoms with Crippen LogP contribution >= 0.6 is 11.5 Å². The molecule has 5 N–H and O–H groups in total. The Morgan fingerprint density at radius 3 is 2.51 bits per heavy atom. The normalized spacial score (nSPS) is 18.5. The Bertz CT molecular complexity index is 1410. The minimum atomic E-state index is -4.98. The second-order valence-electron chi connectivity index (χ2n) is 8.93. The number of amides is 1. The van der Waals surface area contributed by atoms with Crippen LogP contribution in [0.25, 0.3) is 0 Å². The number of hydroxylamine groups is 2. The van der Waals surface area contributed by atoms with Gasteiger partial charge < -0.3 is 20.9 Å². The molecule has 1 fully saturated rings. The van der Waals surface area contributed by atoms with Crippen LogP contribution in [0, 0.1) is 11.8 Å². The van der Waals surface area contributed by atoms with Gasteiger partial charge in [0.15, 0.2) is 28.5 Å². The second-order valence-corrected chi connectivity index (χ2v) is 10.7. The number of oxime groups is 1. The number of nitrogen functional groups attached to an aromatic ring is 1. The maximum absolute atomic E-state index is 13.2. The summed E-state index contributed by atoms with van der Waals surface area (Å²) >= 11 is 0.764. The highest BCUT2D eigenvalue weighted by Gasteiger charge is 2.57. The third kappa shape index (κ3) is 5.87. The number of β-lactam (4-membered cyclic amide) rings is 1. The standard InChI is InChI=1S/C19H24N6O10S2/c1-8(2)15(10-6-11(26)13(28)7-24(10)30)34-22-14(16-21-18(20)36-23-16)12(27)5-9-17(29)25(19(9,3)4)35-37(31,32)33/h6-9,15,28,30H,5H2,1-4H3,(H2,20,21,23)(H,31,32,33)/b22-14+/t9-,15+/m1/s1. The maximum Gasteiger partial charge on any atom is 0.418 e. The zero-order valence-electron chi connectivity index (χ0n) is 19.9. The average molecular weight is 561 g/mol. The smallest absolute Gasteiger partial charge is 0.418 e. The zero-order chi connectivity index (χ0) is 27.9. The number of ketones is 1. The number of pyridine rings is 1. The van der Waals surface area contributed by atoms with E-state index in [-0.39, 0.29) is 16.6 Å². The Labute approximate surface area is 214 Å². The fourth-order valence-electron chi connectivity index (χ4n) is 3.56. The second kappa shape index (κ2) is 10.0. The first-order chi connectivity index (χ1) is 17.0. The van der Waals surface area contributed by atoms with Gasteiger partial charge in [0.1, 0.15) is 5.69 Å². The van der Waals surface area contributed by atoms with Gasteiger partial charge in [-0.15, -0.1) is 4.28 Å². The Morgan fingerprint density at radius 1 is 1.35 bits per heavy atom. The van der Waals surface area contributed by atoms with Gasteiger partial charge in [-0.05, 0) is 19.8 Å². The molecule has 1 amide bonds. The lowest BCUT2D eigenvalue weighted by atomic mass is 9.75. The van der Waals surface area contributed by atoms with Crippen LogP contribution in [0.15, 0.2) is 22.2 Å². The zero-order valence-corrected chi connectivity index (χ0v) is 21.6. The predicted octanol–water partition coefficient (Wildman–Crippen LogP) is 0.274. The molecule has 2 aromatic heterocycles. The maximum atomic E-state index is 13.2. The van der Waals surface area contributed by atoms with E-state index in [0.717, 1.165) is 23.8 Å². The van der Waals surface area contributed by atoms with Gasteiger partial charge in [0.25, 0.3) is 5.91 Å². The molecule has 3 heterocycles. The van der Waals surface area contributed by atoms with Crippen LogP contribution in [0.3, 0.4) is 0 Å². The summed E-state index contributed by atoms with van der Waals surface area (Å²) < 4.78 is 39.7. The Morgan fingerprint density at radius 2 is 2.00 bits per heavy atom. The molecule has 18 heteroatoms. The van der Waals surface area contributed by atoms with E-state index in [4.69, 9.17) is 15.1 Å². The van der Waals surface area contributed by atoms with Crippen molar-refractivity contribution in [2.45, 2.75) is 45.8 Å². The van der Waals surface area contributed by atoms with E-state index in [0.29, 0.717) is 9.79 Å². The van der Waals surface area contributed by atoms with Crippen LogP contribution in [0.1, 0.15) is 51.7 Å². The number of aromatic hydroxyl groups is 1. The molecule has 0 aromatic carbocycles. The van der Waals surface area contributed by atoms with Gasteiger partial charge in [-0.2, -0.15) is 27.6 Å². The number of nitrogens with zero attached hydrogens (tertiary/aromatic N) is 5. The summed E-state index contributed by atoms with van der Waals surface area (Å²) in [5, 5.41) is 24.0. The van der Waals surface area contributed by atoms with E-state index in [1.54, 1.807) is 13.8 Å². The molecule has 2 atom stereocenters. The molecule has 1 aliphatic rings. The van der Waals surface area contributed by atoms with E-state index in [9.17, 15) is 33.1 Å². The lowest BCUT2D eigenvalue weighted by molar-refractivity contribution is -0.228. The molecule has 3 rings (SSSR count). The molecule has 0 spiro atoms. The quantitative estimate of drug-likeness (QED) is 0.100. The number of hydrogen-bond donors (Lipinski definition) is 4. The van der Waals surface area contributed by atoms with Gasteiger partial charge in [-0.25, -0.2) is 0 Å². The first-order valence-corrected chi connectivity index (χ1v) is 12.7. The topological polar surface area (TPSA) is 237 Å². The number of hydrogen-bond acceptors (Lipinski definition) is 14. The van der Waals surface area contributed by atoms with Crippen molar-refractivity contribution < 1.29 is 42.0 Å². The Balaban J connectivity index is 1.92.